The zero-order chi connectivity index (χ0) is 17.9. The smallest absolute Gasteiger partial charge is 0.243 e. The van der Waals surface area contributed by atoms with Crippen LogP contribution in [0.4, 0.5) is 0 Å². The highest BCUT2D eigenvalue weighted by Gasteiger charge is 2.32. The molecule has 0 saturated carbocycles. The summed E-state index contributed by atoms with van der Waals surface area (Å²) in [5, 5.41) is 0. The molecule has 1 amide bonds. The van der Waals surface area contributed by atoms with E-state index >= 15 is 0 Å². The fraction of sp³-hybridized carbons (Fsp3) is 0.562. The van der Waals surface area contributed by atoms with Crippen molar-refractivity contribution in [2.75, 3.05) is 33.3 Å². The molecule has 0 aromatic heterocycles. The van der Waals surface area contributed by atoms with E-state index in [1.54, 1.807) is 17.0 Å². The van der Waals surface area contributed by atoms with Gasteiger partial charge in [0.05, 0.1) is 18.0 Å². The molecule has 24 heavy (non-hydrogen) atoms. The summed E-state index contributed by atoms with van der Waals surface area (Å²) < 4.78 is 31.8. The fourth-order valence-electron chi connectivity index (χ4n) is 2.54. The Morgan fingerprint density at radius 3 is 2.12 bits per heavy atom. The number of carbonyl (C=O) groups excluding carboxylic acids is 1. The van der Waals surface area contributed by atoms with E-state index in [1.165, 1.54) is 23.5 Å². The third kappa shape index (κ3) is 3.88. The topological polar surface area (TPSA) is 92.9 Å². The van der Waals surface area contributed by atoms with Crippen molar-refractivity contribution in [2.45, 2.75) is 24.8 Å². The highest BCUT2D eigenvalue weighted by atomic mass is 32.2. The Labute approximate surface area is 143 Å². The summed E-state index contributed by atoms with van der Waals surface area (Å²) in [5.41, 5.74) is 5.89. The standard InChI is InChI=1S/C16H25N3O4S/c1-12(2)15(17)16(20)18-8-10-19(11-9-18)24(21,22)14-6-4-13(23-3)5-7-14/h4-7,12,15H,8-11,17H2,1-3H3/t15-/m0/s1. The Kier molecular flexibility index (Phi) is 5.84. The third-order valence-corrected chi connectivity index (χ3v) is 6.16. The number of methoxy groups -OCH3 is 1. The van der Waals surface area contributed by atoms with Crippen LogP contribution < -0.4 is 10.5 Å². The monoisotopic (exact) mass is 355 g/mol. The first-order valence-corrected chi connectivity index (χ1v) is 9.40. The molecule has 1 aliphatic rings. The van der Waals surface area contributed by atoms with Gasteiger partial charge in [-0.25, -0.2) is 8.42 Å². The fourth-order valence-corrected chi connectivity index (χ4v) is 3.96. The van der Waals surface area contributed by atoms with Crippen LogP contribution >= 0.6 is 0 Å². The molecule has 0 spiro atoms. The van der Waals surface area contributed by atoms with Crippen molar-refractivity contribution in [2.24, 2.45) is 11.7 Å². The molecule has 8 heteroatoms. The van der Waals surface area contributed by atoms with E-state index in [1.807, 2.05) is 13.8 Å². The van der Waals surface area contributed by atoms with Crippen LogP contribution in [-0.2, 0) is 14.8 Å². The number of hydrogen-bond acceptors (Lipinski definition) is 5. The first-order valence-electron chi connectivity index (χ1n) is 7.96. The van der Waals surface area contributed by atoms with E-state index < -0.39 is 16.1 Å². The molecule has 7 nitrogen and oxygen atoms in total. The van der Waals surface area contributed by atoms with Crippen LogP contribution in [0.5, 0.6) is 5.75 Å². The Balaban J connectivity index is 2.04. The van der Waals surface area contributed by atoms with Crippen LogP contribution in [-0.4, -0.2) is 62.9 Å². The molecule has 1 heterocycles. The van der Waals surface area contributed by atoms with Crippen molar-refractivity contribution in [1.82, 2.24) is 9.21 Å². The van der Waals surface area contributed by atoms with Crippen molar-refractivity contribution in [1.29, 1.82) is 0 Å². The molecule has 0 bridgehead atoms. The molecule has 134 valence electrons. The van der Waals surface area contributed by atoms with Gasteiger partial charge < -0.3 is 15.4 Å². The number of nitrogens with two attached hydrogens (primary N) is 1. The molecule has 0 unspecified atom stereocenters. The van der Waals surface area contributed by atoms with Gasteiger partial charge in [0.2, 0.25) is 15.9 Å². The molecule has 1 aromatic rings. The van der Waals surface area contributed by atoms with Crippen molar-refractivity contribution < 1.29 is 17.9 Å². The Morgan fingerprint density at radius 2 is 1.67 bits per heavy atom. The SMILES string of the molecule is COc1ccc(S(=O)(=O)N2CCN(C(=O)[C@@H](N)C(C)C)CC2)cc1. The molecular formula is C16H25N3O4S. The summed E-state index contributed by atoms with van der Waals surface area (Å²) >= 11 is 0. The maximum Gasteiger partial charge on any atom is 0.243 e. The Morgan fingerprint density at radius 1 is 1.12 bits per heavy atom. The molecule has 1 atom stereocenters. The lowest BCUT2D eigenvalue weighted by Crippen LogP contribution is -2.55. The minimum Gasteiger partial charge on any atom is -0.497 e. The predicted octanol–water partition coefficient (Wildman–Crippen LogP) is 0.511. The number of piperazine rings is 1. The molecule has 0 aliphatic carbocycles. The number of rotatable bonds is 5. The largest absolute Gasteiger partial charge is 0.497 e. The average Bonchev–Trinajstić information content (AvgIpc) is 2.60. The molecule has 2 rings (SSSR count). The minimum atomic E-state index is -3.56. The van der Waals surface area contributed by atoms with Crippen LogP contribution in [0.15, 0.2) is 29.2 Å². The van der Waals surface area contributed by atoms with Crippen LogP contribution in [0.3, 0.4) is 0 Å². The Hall–Kier alpha value is -1.64. The lowest BCUT2D eigenvalue weighted by molar-refractivity contribution is -0.134. The number of carbonyl (C=O) groups is 1. The van der Waals surface area contributed by atoms with Crippen LogP contribution in [0.25, 0.3) is 0 Å². The van der Waals surface area contributed by atoms with Crippen molar-refractivity contribution >= 4 is 15.9 Å². The first-order chi connectivity index (χ1) is 11.3. The summed E-state index contributed by atoms with van der Waals surface area (Å²) in [6.45, 7) is 5.04. The summed E-state index contributed by atoms with van der Waals surface area (Å²) in [6.07, 6.45) is 0. The summed E-state index contributed by atoms with van der Waals surface area (Å²) in [5.74, 6) is 0.539. The van der Waals surface area contributed by atoms with E-state index in [0.29, 0.717) is 18.8 Å². The number of ether oxygens (including phenoxy) is 1. The molecule has 1 fully saturated rings. The molecule has 2 N–H and O–H groups in total. The van der Waals surface area contributed by atoms with E-state index in [2.05, 4.69) is 0 Å². The maximum atomic E-state index is 12.7. The van der Waals surface area contributed by atoms with Crippen LogP contribution in [0.1, 0.15) is 13.8 Å². The highest BCUT2D eigenvalue weighted by molar-refractivity contribution is 7.89. The number of nitrogens with zero attached hydrogens (tertiary/aromatic N) is 2. The van der Waals surface area contributed by atoms with E-state index in [-0.39, 0.29) is 29.8 Å². The lowest BCUT2D eigenvalue weighted by Gasteiger charge is -2.35. The van der Waals surface area contributed by atoms with Gasteiger partial charge in [0.25, 0.3) is 0 Å². The molecule has 1 saturated heterocycles. The Bertz CT molecular complexity index is 665. The van der Waals surface area contributed by atoms with E-state index in [4.69, 9.17) is 10.5 Å². The minimum absolute atomic E-state index is 0.0542. The van der Waals surface area contributed by atoms with Gasteiger partial charge in [-0.3, -0.25) is 4.79 Å². The first kappa shape index (κ1) is 18.7. The lowest BCUT2D eigenvalue weighted by atomic mass is 10.0. The molecule has 0 radical (unpaired) electrons. The summed E-state index contributed by atoms with van der Waals surface area (Å²) in [4.78, 5) is 14.1. The van der Waals surface area contributed by atoms with Gasteiger partial charge in [-0.05, 0) is 30.2 Å². The zero-order valence-electron chi connectivity index (χ0n) is 14.3. The van der Waals surface area contributed by atoms with Crippen molar-refractivity contribution in [3.63, 3.8) is 0 Å². The quantitative estimate of drug-likeness (QED) is 0.831. The molecule has 1 aliphatic heterocycles. The second-order valence-electron chi connectivity index (χ2n) is 6.17. The summed E-state index contributed by atoms with van der Waals surface area (Å²) in [6, 6.07) is 5.75. The van der Waals surface area contributed by atoms with Gasteiger partial charge in [-0.15, -0.1) is 0 Å². The molecular weight excluding hydrogens is 330 g/mol. The van der Waals surface area contributed by atoms with Crippen LogP contribution in [0.2, 0.25) is 0 Å². The van der Waals surface area contributed by atoms with Gasteiger partial charge in [0.15, 0.2) is 0 Å². The number of benzene rings is 1. The van der Waals surface area contributed by atoms with Gasteiger partial charge in [0, 0.05) is 26.2 Å². The van der Waals surface area contributed by atoms with Gasteiger partial charge >= 0.3 is 0 Å². The predicted molar refractivity (Wildman–Crippen MR) is 91.1 cm³/mol. The average molecular weight is 355 g/mol. The third-order valence-electron chi connectivity index (χ3n) is 4.25. The normalized spacial score (nSPS) is 17.8. The van der Waals surface area contributed by atoms with Gasteiger partial charge in [-0.2, -0.15) is 4.31 Å². The van der Waals surface area contributed by atoms with E-state index in [9.17, 15) is 13.2 Å². The number of hydrogen-bond donors (Lipinski definition) is 1. The zero-order valence-corrected chi connectivity index (χ0v) is 15.1. The maximum absolute atomic E-state index is 12.7. The summed E-state index contributed by atoms with van der Waals surface area (Å²) in [7, 11) is -2.03. The van der Waals surface area contributed by atoms with Gasteiger partial charge in [-0.1, -0.05) is 13.8 Å². The number of amides is 1. The van der Waals surface area contributed by atoms with Crippen molar-refractivity contribution in [3.8, 4) is 5.75 Å². The van der Waals surface area contributed by atoms with Crippen molar-refractivity contribution in [3.05, 3.63) is 24.3 Å². The second-order valence-corrected chi connectivity index (χ2v) is 8.11. The highest BCUT2D eigenvalue weighted by Crippen LogP contribution is 2.21. The van der Waals surface area contributed by atoms with Crippen LogP contribution in [0, 0.1) is 5.92 Å². The second kappa shape index (κ2) is 7.50. The van der Waals surface area contributed by atoms with E-state index in [0.717, 1.165) is 0 Å². The molecule has 1 aromatic carbocycles. The van der Waals surface area contributed by atoms with Gasteiger partial charge in [0.1, 0.15) is 5.75 Å². The number of sulfonamides is 1.